The number of carbonyl (C=O) groups is 4. The predicted molar refractivity (Wildman–Crippen MR) is 81.9 cm³/mol. The Morgan fingerprint density at radius 3 is 2.57 bits per heavy atom. The van der Waals surface area contributed by atoms with Gasteiger partial charge in [-0.2, -0.15) is 0 Å². The van der Waals surface area contributed by atoms with Gasteiger partial charge in [0, 0.05) is 24.9 Å². The van der Waals surface area contributed by atoms with Crippen molar-refractivity contribution < 1.29 is 19.2 Å². The summed E-state index contributed by atoms with van der Waals surface area (Å²) >= 11 is 0. The van der Waals surface area contributed by atoms with E-state index in [2.05, 4.69) is 16.0 Å². The van der Waals surface area contributed by atoms with Gasteiger partial charge >= 0.3 is 11.8 Å². The van der Waals surface area contributed by atoms with E-state index in [0.29, 0.717) is 6.42 Å². The van der Waals surface area contributed by atoms with Crippen molar-refractivity contribution in [3.63, 3.8) is 0 Å². The van der Waals surface area contributed by atoms with Gasteiger partial charge in [0.2, 0.25) is 11.8 Å². The lowest BCUT2D eigenvalue weighted by molar-refractivity contribution is -0.138. The number of amides is 4. The Balaban J connectivity index is 1.92. The van der Waals surface area contributed by atoms with Crippen LogP contribution in [0.2, 0.25) is 0 Å². The highest BCUT2D eigenvalue weighted by Gasteiger charge is 2.41. The second kappa shape index (κ2) is 6.97. The molecule has 4 amide bonds. The van der Waals surface area contributed by atoms with Crippen molar-refractivity contribution in [1.82, 2.24) is 16.0 Å². The molecule has 5 N–H and O–H groups in total. The molecule has 1 aliphatic heterocycles. The van der Waals surface area contributed by atoms with Crippen LogP contribution >= 0.6 is 0 Å². The first-order valence-electron chi connectivity index (χ1n) is 8.04. The van der Waals surface area contributed by atoms with Crippen molar-refractivity contribution in [3.8, 4) is 0 Å². The van der Waals surface area contributed by atoms with Crippen molar-refractivity contribution in [2.45, 2.75) is 57.0 Å². The summed E-state index contributed by atoms with van der Waals surface area (Å²) in [6, 6.07) is 0.0268. The number of primary amides is 1. The van der Waals surface area contributed by atoms with Crippen LogP contribution in [0.3, 0.4) is 0 Å². The van der Waals surface area contributed by atoms with Crippen LogP contribution in [0.5, 0.6) is 0 Å². The molecule has 1 heterocycles. The Kier molecular flexibility index (Phi) is 5.23. The van der Waals surface area contributed by atoms with Crippen LogP contribution < -0.4 is 21.7 Å². The standard InChI is InChI=1S/C15H24N4O4/c1-2-10-6-9(7-11(20)18-10)13(22)19-15(4-3-5-15)8-17-14(23)12(16)21/h9-10H,2-8H2,1H3,(H2,16,21)(H,17,23)(H,18,20)(H,19,22)/t9-,10+/m0/s1. The summed E-state index contributed by atoms with van der Waals surface area (Å²) in [6.07, 6.45) is 4.00. The molecular formula is C15H24N4O4. The topological polar surface area (TPSA) is 130 Å². The van der Waals surface area contributed by atoms with Crippen molar-refractivity contribution in [3.05, 3.63) is 0 Å². The largest absolute Gasteiger partial charge is 0.361 e. The van der Waals surface area contributed by atoms with Crippen LogP contribution in [0.25, 0.3) is 0 Å². The fraction of sp³-hybridized carbons (Fsp3) is 0.733. The molecule has 2 aliphatic rings. The van der Waals surface area contributed by atoms with Gasteiger partial charge in [-0.25, -0.2) is 0 Å². The Morgan fingerprint density at radius 2 is 2.04 bits per heavy atom. The van der Waals surface area contributed by atoms with Gasteiger partial charge in [0.05, 0.1) is 5.54 Å². The summed E-state index contributed by atoms with van der Waals surface area (Å²) in [6.45, 7) is 2.15. The van der Waals surface area contributed by atoms with E-state index < -0.39 is 17.4 Å². The van der Waals surface area contributed by atoms with E-state index in [1.54, 1.807) is 0 Å². The van der Waals surface area contributed by atoms with Crippen molar-refractivity contribution in [2.75, 3.05) is 6.54 Å². The Labute approximate surface area is 134 Å². The normalized spacial score (nSPS) is 25.7. The monoisotopic (exact) mass is 324 g/mol. The molecule has 1 saturated carbocycles. The zero-order chi connectivity index (χ0) is 17.0. The van der Waals surface area contributed by atoms with Gasteiger partial charge in [0.15, 0.2) is 0 Å². The number of rotatable bonds is 5. The minimum absolute atomic E-state index is 0.0268. The molecule has 8 nitrogen and oxygen atoms in total. The van der Waals surface area contributed by atoms with E-state index in [0.717, 1.165) is 25.7 Å². The SMILES string of the molecule is CC[C@@H]1C[C@H](C(=O)NC2(CNC(=O)C(N)=O)CCC2)CC(=O)N1. The molecule has 8 heteroatoms. The van der Waals surface area contributed by atoms with Gasteiger partial charge in [-0.05, 0) is 32.1 Å². The van der Waals surface area contributed by atoms with Gasteiger partial charge in [0.25, 0.3) is 0 Å². The minimum atomic E-state index is -1.04. The zero-order valence-corrected chi connectivity index (χ0v) is 13.3. The molecule has 0 aromatic rings. The second-order valence-corrected chi connectivity index (χ2v) is 6.48. The summed E-state index contributed by atoms with van der Waals surface area (Å²) in [7, 11) is 0. The summed E-state index contributed by atoms with van der Waals surface area (Å²) in [5.41, 5.74) is 4.38. The number of nitrogens with two attached hydrogens (primary N) is 1. The first-order chi connectivity index (χ1) is 10.8. The van der Waals surface area contributed by atoms with E-state index in [9.17, 15) is 19.2 Å². The third-order valence-corrected chi connectivity index (χ3v) is 4.74. The molecule has 0 radical (unpaired) electrons. The molecule has 0 bridgehead atoms. The van der Waals surface area contributed by atoms with Crippen LogP contribution in [-0.4, -0.2) is 41.8 Å². The summed E-state index contributed by atoms with van der Waals surface area (Å²) in [5, 5.41) is 8.29. The molecule has 128 valence electrons. The lowest BCUT2D eigenvalue weighted by Crippen LogP contribution is -2.62. The van der Waals surface area contributed by atoms with Gasteiger partial charge in [-0.3, -0.25) is 19.2 Å². The van der Waals surface area contributed by atoms with Crippen molar-refractivity contribution in [1.29, 1.82) is 0 Å². The molecule has 0 unspecified atom stereocenters. The second-order valence-electron chi connectivity index (χ2n) is 6.48. The van der Waals surface area contributed by atoms with Gasteiger partial charge in [-0.1, -0.05) is 6.92 Å². The van der Waals surface area contributed by atoms with Gasteiger partial charge in [-0.15, -0.1) is 0 Å². The van der Waals surface area contributed by atoms with E-state index in [4.69, 9.17) is 5.73 Å². The van der Waals surface area contributed by atoms with E-state index >= 15 is 0 Å². The fourth-order valence-electron chi connectivity index (χ4n) is 3.11. The number of piperidine rings is 1. The molecule has 0 spiro atoms. The number of carbonyl (C=O) groups excluding carboxylic acids is 4. The van der Waals surface area contributed by atoms with Crippen LogP contribution in [0.4, 0.5) is 0 Å². The molecule has 1 saturated heterocycles. The molecule has 0 aromatic heterocycles. The molecule has 0 aromatic carbocycles. The average molecular weight is 324 g/mol. The summed E-state index contributed by atoms with van der Waals surface area (Å²) in [4.78, 5) is 46.2. The Hall–Kier alpha value is -2.12. The fourth-order valence-corrected chi connectivity index (χ4v) is 3.11. The van der Waals surface area contributed by atoms with Crippen molar-refractivity contribution in [2.24, 2.45) is 11.7 Å². The minimum Gasteiger partial charge on any atom is -0.361 e. The highest BCUT2D eigenvalue weighted by Crippen LogP contribution is 2.32. The number of nitrogens with one attached hydrogen (secondary N) is 3. The molecule has 2 rings (SSSR count). The molecular weight excluding hydrogens is 300 g/mol. The van der Waals surface area contributed by atoms with Crippen LogP contribution in [-0.2, 0) is 19.2 Å². The quantitative estimate of drug-likeness (QED) is 0.480. The molecule has 2 atom stereocenters. The highest BCUT2D eigenvalue weighted by molar-refractivity contribution is 6.34. The zero-order valence-electron chi connectivity index (χ0n) is 13.3. The molecule has 2 fully saturated rings. The van der Waals surface area contributed by atoms with Crippen LogP contribution in [0.15, 0.2) is 0 Å². The van der Waals surface area contributed by atoms with Gasteiger partial charge in [0.1, 0.15) is 0 Å². The van der Waals surface area contributed by atoms with E-state index in [-0.39, 0.29) is 36.7 Å². The maximum Gasteiger partial charge on any atom is 0.309 e. The van der Waals surface area contributed by atoms with Crippen molar-refractivity contribution >= 4 is 23.6 Å². The summed E-state index contributed by atoms with van der Waals surface area (Å²) in [5.74, 6) is -2.51. The number of hydrogen-bond acceptors (Lipinski definition) is 4. The summed E-state index contributed by atoms with van der Waals surface area (Å²) < 4.78 is 0. The number of hydrogen-bond donors (Lipinski definition) is 4. The third kappa shape index (κ3) is 4.20. The third-order valence-electron chi connectivity index (χ3n) is 4.74. The van der Waals surface area contributed by atoms with Gasteiger partial charge < -0.3 is 21.7 Å². The lowest BCUT2D eigenvalue weighted by atomic mass is 9.75. The Morgan fingerprint density at radius 1 is 1.35 bits per heavy atom. The first kappa shape index (κ1) is 17.2. The average Bonchev–Trinajstić information content (AvgIpc) is 2.48. The smallest absolute Gasteiger partial charge is 0.309 e. The van der Waals surface area contributed by atoms with Crippen LogP contribution in [0.1, 0.15) is 45.4 Å². The maximum absolute atomic E-state index is 12.5. The Bertz CT molecular complexity index is 516. The predicted octanol–water partition coefficient (Wildman–Crippen LogP) is -1.07. The molecule has 23 heavy (non-hydrogen) atoms. The maximum atomic E-state index is 12.5. The highest BCUT2D eigenvalue weighted by atomic mass is 16.2. The molecule has 1 aliphatic carbocycles. The first-order valence-corrected chi connectivity index (χ1v) is 8.04. The lowest BCUT2D eigenvalue weighted by Gasteiger charge is -2.43. The van der Waals surface area contributed by atoms with Crippen LogP contribution in [0, 0.1) is 5.92 Å². The van der Waals surface area contributed by atoms with E-state index in [1.807, 2.05) is 6.92 Å². The van der Waals surface area contributed by atoms with E-state index in [1.165, 1.54) is 0 Å².